The molecule has 1 heterocycles. The molecule has 172 valence electrons. The fraction of sp³-hybridized carbons (Fsp3) is 0.154. The zero-order valence-electron chi connectivity index (χ0n) is 19.0. The van der Waals surface area contributed by atoms with Gasteiger partial charge in [-0.25, -0.2) is 9.78 Å². The molecule has 0 aliphatic heterocycles. The zero-order valence-corrected chi connectivity index (χ0v) is 19.0. The molecule has 3 N–H and O–H groups in total. The van der Waals surface area contributed by atoms with Gasteiger partial charge in [-0.3, -0.25) is 14.9 Å². The lowest BCUT2D eigenvalue weighted by Crippen LogP contribution is -2.17. The lowest BCUT2D eigenvalue weighted by Gasteiger charge is -2.12. The average molecular weight is 457 g/mol. The van der Waals surface area contributed by atoms with E-state index >= 15 is 0 Å². The molecule has 0 saturated carbocycles. The van der Waals surface area contributed by atoms with Crippen LogP contribution in [0, 0.1) is 0 Å². The van der Waals surface area contributed by atoms with E-state index < -0.39 is 6.09 Å². The highest BCUT2D eigenvalue weighted by molar-refractivity contribution is 6.18. The van der Waals surface area contributed by atoms with Crippen LogP contribution in [0.3, 0.4) is 0 Å². The van der Waals surface area contributed by atoms with Gasteiger partial charge in [-0.2, -0.15) is 0 Å². The van der Waals surface area contributed by atoms with Crippen LogP contribution in [0.25, 0.3) is 11.0 Å². The minimum absolute atomic E-state index is 0.204. The molecule has 4 aromatic rings. The smallest absolute Gasteiger partial charge is 0.413 e. The molecule has 8 nitrogen and oxygen atoms in total. The number of hydrogen-bond donors (Lipinski definition) is 3. The summed E-state index contributed by atoms with van der Waals surface area (Å²) >= 11 is 0. The van der Waals surface area contributed by atoms with Gasteiger partial charge in [-0.1, -0.05) is 44.2 Å². The number of methoxy groups -OCH3 is 1. The molecule has 0 atom stereocenters. The van der Waals surface area contributed by atoms with Crippen molar-refractivity contribution in [2.75, 3.05) is 17.7 Å². The molecule has 0 radical (unpaired) electrons. The Hall–Kier alpha value is -4.46. The zero-order chi connectivity index (χ0) is 24.2. The predicted octanol–water partition coefficient (Wildman–Crippen LogP) is 5.35. The Morgan fingerprint density at radius 2 is 1.68 bits per heavy atom. The number of nitrogens with one attached hydrogen (secondary N) is 3. The second-order valence-electron chi connectivity index (χ2n) is 8.04. The summed E-state index contributed by atoms with van der Waals surface area (Å²) in [6.07, 6.45) is -0.658. The average Bonchev–Trinajstić information content (AvgIpc) is 3.25. The number of amides is 2. The number of carbonyl (C=O) groups excluding carboxylic acids is 3. The quantitative estimate of drug-likeness (QED) is 0.339. The van der Waals surface area contributed by atoms with E-state index in [9.17, 15) is 14.4 Å². The van der Waals surface area contributed by atoms with Gasteiger partial charge in [-0.15, -0.1) is 0 Å². The number of hydrogen-bond acceptors (Lipinski definition) is 5. The monoisotopic (exact) mass is 456 g/mol. The summed E-state index contributed by atoms with van der Waals surface area (Å²) < 4.78 is 4.56. The number of H-pyrrole nitrogens is 1. The molecule has 4 rings (SSSR count). The minimum Gasteiger partial charge on any atom is -0.453 e. The summed E-state index contributed by atoms with van der Waals surface area (Å²) in [6.45, 7) is 4.17. The fourth-order valence-electron chi connectivity index (χ4n) is 3.57. The molecular weight excluding hydrogens is 432 g/mol. The largest absolute Gasteiger partial charge is 0.453 e. The number of aromatic nitrogens is 2. The summed E-state index contributed by atoms with van der Waals surface area (Å²) in [6, 6.07) is 19.3. The molecule has 34 heavy (non-hydrogen) atoms. The van der Waals surface area contributed by atoms with Crippen molar-refractivity contribution in [1.29, 1.82) is 0 Å². The Morgan fingerprint density at radius 1 is 0.912 bits per heavy atom. The Kier molecular flexibility index (Phi) is 6.40. The van der Waals surface area contributed by atoms with E-state index in [-0.39, 0.29) is 28.8 Å². The van der Waals surface area contributed by atoms with Gasteiger partial charge in [0, 0.05) is 16.8 Å². The van der Waals surface area contributed by atoms with Gasteiger partial charge in [0.15, 0.2) is 5.78 Å². The van der Waals surface area contributed by atoms with Gasteiger partial charge in [0.05, 0.1) is 23.7 Å². The van der Waals surface area contributed by atoms with E-state index in [1.165, 1.54) is 7.11 Å². The van der Waals surface area contributed by atoms with E-state index in [0.717, 1.165) is 5.56 Å². The second kappa shape index (κ2) is 9.58. The second-order valence-corrected chi connectivity index (χ2v) is 8.04. The van der Waals surface area contributed by atoms with Crippen LogP contribution in [0.4, 0.5) is 16.4 Å². The maximum Gasteiger partial charge on any atom is 0.413 e. The highest BCUT2D eigenvalue weighted by atomic mass is 16.5. The van der Waals surface area contributed by atoms with Gasteiger partial charge in [0.2, 0.25) is 5.95 Å². The summed E-state index contributed by atoms with van der Waals surface area (Å²) in [5.74, 6) is -0.140. The van der Waals surface area contributed by atoms with Crippen LogP contribution in [0.1, 0.15) is 51.6 Å². The van der Waals surface area contributed by atoms with Gasteiger partial charge in [-0.05, 0) is 47.9 Å². The lowest BCUT2D eigenvalue weighted by molar-refractivity contribution is 0.0996. The molecule has 0 fully saturated rings. The first-order chi connectivity index (χ1) is 16.4. The molecule has 0 spiro atoms. The van der Waals surface area contributed by atoms with Crippen molar-refractivity contribution in [3.8, 4) is 0 Å². The van der Waals surface area contributed by atoms with E-state index in [4.69, 9.17) is 0 Å². The molecule has 0 unspecified atom stereocenters. The summed E-state index contributed by atoms with van der Waals surface area (Å²) in [7, 11) is 1.25. The van der Waals surface area contributed by atoms with Crippen molar-refractivity contribution in [1.82, 2.24) is 9.97 Å². The fourth-order valence-corrected chi connectivity index (χ4v) is 3.57. The highest BCUT2D eigenvalue weighted by Crippen LogP contribution is 2.22. The normalized spacial score (nSPS) is 10.8. The SMILES string of the molecule is COC(=O)Nc1nc2ccc(C(=O)c3ccccc3C(=O)Nc3cccc(C(C)C)c3)cc2[nH]1. The number of ether oxygens (including phenoxy) is 1. The van der Waals surface area contributed by atoms with Crippen molar-refractivity contribution in [2.45, 2.75) is 19.8 Å². The summed E-state index contributed by atoms with van der Waals surface area (Å²) in [5.41, 5.74) is 3.84. The predicted molar refractivity (Wildman–Crippen MR) is 130 cm³/mol. The van der Waals surface area contributed by atoms with E-state index in [1.807, 2.05) is 24.3 Å². The van der Waals surface area contributed by atoms with Crippen LogP contribution in [0.2, 0.25) is 0 Å². The maximum atomic E-state index is 13.3. The van der Waals surface area contributed by atoms with E-state index in [2.05, 4.69) is 39.2 Å². The van der Waals surface area contributed by atoms with Gasteiger partial charge in [0.25, 0.3) is 5.91 Å². The number of fused-ring (bicyclic) bond motifs is 1. The third-order valence-corrected chi connectivity index (χ3v) is 5.38. The molecule has 0 aliphatic rings. The first-order valence-electron chi connectivity index (χ1n) is 10.8. The Balaban J connectivity index is 1.61. The van der Waals surface area contributed by atoms with Gasteiger partial charge < -0.3 is 15.0 Å². The number of nitrogens with zero attached hydrogens (tertiary/aromatic N) is 1. The lowest BCUT2D eigenvalue weighted by atomic mass is 9.97. The molecule has 3 aromatic carbocycles. The molecular formula is C26H24N4O4. The number of ketones is 1. The highest BCUT2D eigenvalue weighted by Gasteiger charge is 2.19. The Morgan fingerprint density at radius 3 is 2.41 bits per heavy atom. The standard InChI is InChI=1S/C26H24N4O4/c1-15(2)16-7-6-8-18(13-16)27-24(32)20-10-5-4-9-19(20)23(31)17-11-12-21-22(14-17)29-25(28-21)30-26(33)34-3/h4-15H,1-3H3,(H,27,32)(H2,28,29,30,33). The Bertz CT molecular complexity index is 1390. The van der Waals surface area contributed by atoms with Crippen LogP contribution in [-0.2, 0) is 4.74 Å². The van der Waals surface area contributed by atoms with Crippen LogP contribution >= 0.6 is 0 Å². The first-order valence-corrected chi connectivity index (χ1v) is 10.8. The molecule has 8 heteroatoms. The number of carbonyl (C=O) groups is 3. The van der Waals surface area contributed by atoms with Crippen molar-refractivity contribution in [2.24, 2.45) is 0 Å². The molecule has 0 saturated heterocycles. The molecule has 0 bridgehead atoms. The van der Waals surface area contributed by atoms with Crippen LogP contribution < -0.4 is 10.6 Å². The molecule has 0 aliphatic carbocycles. The van der Waals surface area contributed by atoms with Gasteiger partial charge in [0.1, 0.15) is 0 Å². The molecule has 1 aromatic heterocycles. The number of anilines is 2. The molecule has 2 amide bonds. The van der Waals surface area contributed by atoms with Crippen molar-refractivity contribution < 1.29 is 19.1 Å². The first kappa shape index (κ1) is 22.7. The van der Waals surface area contributed by atoms with Crippen molar-refractivity contribution in [3.05, 3.63) is 89.0 Å². The topological polar surface area (TPSA) is 113 Å². The van der Waals surface area contributed by atoms with Crippen LogP contribution in [0.15, 0.2) is 66.7 Å². The Labute approximate surface area is 196 Å². The minimum atomic E-state index is -0.658. The number of aromatic amines is 1. The van der Waals surface area contributed by atoms with Crippen molar-refractivity contribution >= 4 is 40.5 Å². The van der Waals surface area contributed by atoms with E-state index in [0.29, 0.717) is 28.2 Å². The van der Waals surface area contributed by atoms with Gasteiger partial charge >= 0.3 is 6.09 Å². The number of imidazole rings is 1. The van der Waals surface area contributed by atoms with Crippen LogP contribution in [0.5, 0.6) is 0 Å². The van der Waals surface area contributed by atoms with Crippen LogP contribution in [-0.4, -0.2) is 34.9 Å². The number of benzene rings is 3. The third-order valence-electron chi connectivity index (χ3n) is 5.38. The summed E-state index contributed by atoms with van der Waals surface area (Å²) in [4.78, 5) is 45.0. The third kappa shape index (κ3) is 4.80. The van der Waals surface area contributed by atoms with Crippen molar-refractivity contribution in [3.63, 3.8) is 0 Å². The van der Waals surface area contributed by atoms with E-state index in [1.54, 1.807) is 42.5 Å². The number of rotatable bonds is 6. The summed E-state index contributed by atoms with van der Waals surface area (Å²) in [5, 5.41) is 5.35. The maximum absolute atomic E-state index is 13.3.